The maximum atomic E-state index is 5.98. The Labute approximate surface area is 150 Å². The van der Waals surface area contributed by atoms with Gasteiger partial charge in [0.25, 0.3) is 0 Å². The number of hydrogen-bond acceptors (Lipinski definition) is 1. The van der Waals surface area contributed by atoms with Crippen LogP contribution in [0.2, 0.25) is 0 Å². The molecule has 0 aromatic heterocycles. The predicted molar refractivity (Wildman–Crippen MR) is 107 cm³/mol. The van der Waals surface area contributed by atoms with E-state index in [0.29, 0.717) is 12.5 Å². The minimum Gasteiger partial charge on any atom is -0.326 e. The summed E-state index contributed by atoms with van der Waals surface area (Å²) in [4.78, 5) is 0. The molecule has 0 saturated carbocycles. The van der Waals surface area contributed by atoms with Crippen LogP contribution in [0.4, 0.5) is 0 Å². The van der Waals surface area contributed by atoms with Gasteiger partial charge in [0.2, 0.25) is 0 Å². The largest absolute Gasteiger partial charge is 0.326 e. The maximum absolute atomic E-state index is 5.98. The number of hydrogen-bond donors (Lipinski definition) is 1. The van der Waals surface area contributed by atoms with Gasteiger partial charge in [-0.3, -0.25) is 0 Å². The Balaban J connectivity index is 1.90. The summed E-state index contributed by atoms with van der Waals surface area (Å²) in [6.07, 6.45) is 5.36. The summed E-state index contributed by atoms with van der Waals surface area (Å²) < 4.78 is 0. The molecule has 1 nitrogen and oxygen atoms in total. The van der Waals surface area contributed by atoms with E-state index in [1.54, 1.807) is 0 Å². The van der Waals surface area contributed by atoms with Crippen LogP contribution in [0.5, 0.6) is 0 Å². The monoisotopic (exact) mass is 326 g/mol. The summed E-state index contributed by atoms with van der Waals surface area (Å²) in [6.45, 7) is 4.56. The van der Waals surface area contributed by atoms with Crippen LogP contribution in [-0.4, -0.2) is 0 Å². The van der Waals surface area contributed by atoms with Crippen molar-refractivity contribution in [2.24, 2.45) is 5.73 Å². The molecule has 3 aromatic carbocycles. The van der Waals surface area contributed by atoms with Crippen molar-refractivity contribution in [3.63, 3.8) is 0 Å². The molecule has 25 heavy (non-hydrogen) atoms. The quantitative estimate of drug-likeness (QED) is 0.630. The van der Waals surface area contributed by atoms with Crippen molar-refractivity contribution in [3.05, 3.63) is 120 Å². The highest BCUT2D eigenvalue weighted by atomic mass is 14.5. The van der Waals surface area contributed by atoms with E-state index in [2.05, 4.69) is 85.8 Å². The Hall–Kier alpha value is -2.64. The molecule has 3 aromatic rings. The van der Waals surface area contributed by atoms with Crippen LogP contribution in [-0.2, 0) is 6.54 Å². The minimum absolute atomic E-state index is 0.306. The SMILES string of the molecule is [CH2]c1cccc(C=CCC(c2ccccc2)c2ccccc2CN)c1. The van der Waals surface area contributed by atoms with E-state index in [1.807, 2.05) is 12.1 Å². The van der Waals surface area contributed by atoms with E-state index in [0.717, 1.165) is 12.0 Å². The topological polar surface area (TPSA) is 26.0 Å². The standard InChI is InChI=1S/C24H24N/c1-19-9-7-10-20(17-19)11-8-16-23(21-12-3-2-4-13-21)24-15-6-5-14-22(24)18-25/h2-15,17,23H,1,16,18,25H2. The predicted octanol–water partition coefficient (Wildman–Crippen LogP) is 5.56. The van der Waals surface area contributed by atoms with Crippen LogP contribution in [0.3, 0.4) is 0 Å². The molecule has 1 atom stereocenters. The second-order valence-corrected chi connectivity index (χ2v) is 6.25. The van der Waals surface area contributed by atoms with E-state index in [1.165, 1.54) is 22.3 Å². The first-order valence-electron chi connectivity index (χ1n) is 8.69. The Morgan fingerprint density at radius 1 is 0.880 bits per heavy atom. The third-order valence-electron chi connectivity index (χ3n) is 4.49. The van der Waals surface area contributed by atoms with Gasteiger partial charge in [-0.25, -0.2) is 0 Å². The van der Waals surface area contributed by atoms with Crippen LogP contribution in [0.1, 0.15) is 40.2 Å². The second kappa shape index (κ2) is 8.46. The van der Waals surface area contributed by atoms with Crippen molar-refractivity contribution in [3.8, 4) is 0 Å². The van der Waals surface area contributed by atoms with Crippen molar-refractivity contribution in [2.45, 2.75) is 18.9 Å². The van der Waals surface area contributed by atoms with Crippen molar-refractivity contribution >= 4 is 6.08 Å². The molecule has 0 spiro atoms. The van der Waals surface area contributed by atoms with Crippen molar-refractivity contribution in [1.82, 2.24) is 0 Å². The lowest BCUT2D eigenvalue weighted by molar-refractivity contribution is 0.811. The van der Waals surface area contributed by atoms with E-state index in [-0.39, 0.29) is 0 Å². The first-order valence-corrected chi connectivity index (χ1v) is 8.69. The van der Waals surface area contributed by atoms with Gasteiger partial charge in [0.1, 0.15) is 0 Å². The fourth-order valence-corrected chi connectivity index (χ4v) is 3.22. The molecule has 0 fully saturated rings. The summed E-state index contributed by atoms with van der Waals surface area (Å²) in [6, 6.07) is 27.4. The molecule has 125 valence electrons. The highest BCUT2D eigenvalue weighted by Gasteiger charge is 2.15. The number of rotatable bonds is 6. The zero-order valence-corrected chi connectivity index (χ0v) is 14.4. The molecule has 0 aliphatic carbocycles. The molecule has 0 bridgehead atoms. The third kappa shape index (κ3) is 4.46. The molecule has 3 rings (SSSR count). The van der Waals surface area contributed by atoms with Gasteiger partial charge in [-0.2, -0.15) is 0 Å². The van der Waals surface area contributed by atoms with Crippen LogP contribution in [0.25, 0.3) is 6.08 Å². The highest BCUT2D eigenvalue weighted by Crippen LogP contribution is 2.31. The van der Waals surface area contributed by atoms with Gasteiger partial charge in [-0.15, -0.1) is 0 Å². The number of allylic oxidation sites excluding steroid dienone is 1. The minimum atomic E-state index is 0.306. The Morgan fingerprint density at radius 2 is 1.64 bits per heavy atom. The molecular weight excluding hydrogens is 302 g/mol. The van der Waals surface area contributed by atoms with Crippen LogP contribution >= 0.6 is 0 Å². The lowest BCUT2D eigenvalue weighted by Crippen LogP contribution is -2.07. The zero-order valence-electron chi connectivity index (χ0n) is 14.4. The molecule has 0 amide bonds. The Kier molecular flexibility index (Phi) is 5.81. The normalized spacial score (nSPS) is 12.4. The zero-order chi connectivity index (χ0) is 17.5. The van der Waals surface area contributed by atoms with Crippen LogP contribution < -0.4 is 5.73 Å². The molecule has 0 saturated heterocycles. The Morgan fingerprint density at radius 3 is 2.40 bits per heavy atom. The van der Waals surface area contributed by atoms with Gasteiger partial charge in [0, 0.05) is 12.5 Å². The highest BCUT2D eigenvalue weighted by molar-refractivity contribution is 5.51. The number of nitrogens with two attached hydrogens (primary N) is 1. The summed E-state index contributed by atoms with van der Waals surface area (Å²) in [5.41, 5.74) is 12.0. The van der Waals surface area contributed by atoms with Crippen molar-refractivity contribution in [2.75, 3.05) is 0 Å². The number of benzene rings is 3. The van der Waals surface area contributed by atoms with Gasteiger partial charge >= 0.3 is 0 Å². The maximum Gasteiger partial charge on any atom is 0.0181 e. The molecule has 0 heterocycles. The van der Waals surface area contributed by atoms with Crippen LogP contribution in [0, 0.1) is 6.92 Å². The lowest BCUT2D eigenvalue weighted by atomic mass is 9.85. The molecule has 0 aliphatic heterocycles. The van der Waals surface area contributed by atoms with E-state index < -0.39 is 0 Å². The fourth-order valence-electron chi connectivity index (χ4n) is 3.22. The van der Waals surface area contributed by atoms with Crippen molar-refractivity contribution < 1.29 is 0 Å². The molecule has 2 N–H and O–H groups in total. The van der Waals surface area contributed by atoms with E-state index in [4.69, 9.17) is 5.73 Å². The average Bonchev–Trinajstić information content (AvgIpc) is 2.66. The molecule has 1 unspecified atom stereocenters. The summed E-state index contributed by atoms with van der Waals surface area (Å²) >= 11 is 0. The van der Waals surface area contributed by atoms with Crippen LogP contribution in [0.15, 0.2) is 84.9 Å². The second-order valence-electron chi connectivity index (χ2n) is 6.25. The van der Waals surface area contributed by atoms with Gasteiger partial charge < -0.3 is 5.73 Å². The smallest absolute Gasteiger partial charge is 0.0181 e. The molecule has 1 radical (unpaired) electrons. The van der Waals surface area contributed by atoms with Gasteiger partial charge in [0.05, 0.1) is 0 Å². The van der Waals surface area contributed by atoms with Gasteiger partial charge in [0.15, 0.2) is 0 Å². The fraction of sp³-hybridized carbons (Fsp3) is 0.125. The first kappa shape index (κ1) is 17.2. The molecule has 0 aliphatic rings. The summed E-state index contributed by atoms with van der Waals surface area (Å²) in [5.74, 6) is 0.306. The first-order chi connectivity index (χ1) is 12.3. The summed E-state index contributed by atoms with van der Waals surface area (Å²) in [7, 11) is 0. The van der Waals surface area contributed by atoms with E-state index in [9.17, 15) is 0 Å². The van der Waals surface area contributed by atoms with Gasteiger partial charge in [-0.1, -0.05) is 91.0 Å². The Bertz CT molecular complexity index is 833. The molecular formula is C24H24N. The average molecular weight is 326 g/mol. The van der Waals surface area contributed by atoms with Crippen molar-refractivity contribution in [1.29, 1.82) is 0 Å². The summed E-state index contributed by atoms with van der Waals surface area (Å²) in [5, 5.41) is 0. The lowest BCUT2D eigenvalue weighted by Gasteiger charge is -2.19. The van der Waals surface area contributed by atoms with Gasteiger partial charge in [-0.05, 0) is 41.2 Å². The third-order valence-corrected chi connectivity index (χ3v) is 4.49. The van der Waals surface area contributed by atoms with E-state index >= 15 is 0 Å². The molecule has 1 heteroatoms.